The molecular formula is C18H26N4O4S. The van der Waals surface area contributed by atoms with E-state index in [-0.39, 0.29) is 16.7 Å². The molecule has 0 aliphatic rings. The highest BCUT2D eigenvalue weighted by Crippen LogP contribution is 2.17. The molecule has 0 aliphatic carbocycles. The van der Waals surface area contributed by atoms with Crippen molar-refractivity contribution in [2.24, 2.45) is 0 Å². The van der Waals surface area contributed by atoms with Crippen molar-refractivity contribution >= 4 is 21.8 Å². The number of aromatic nitrogens is 3. The highest BCUT2D eigenvalue weighted by Gasteiger charge is 2.16. The summed E-state index contributed by atoms with van der Waals surface area (Å²) in [7, 11) is -2.31. The topological polar surface area (TPSA) is 103 Å². The Bertz CT molecular complexity index is 849. The molecule has 0 aliphatic heterocycles. The number of rotatable bonds is 11. The molecule has 0 amide bonds. The minimum absolute atomic E-state index is 0.181. The first-order valence-electron chi connectivity index (χ1n) is 9.03. The molecule has 2 rings (SSSR count). The van der Waals surface area contributed by atoms with E-state index in [9.17, 15) is 13.2 Å². The van der Waals surface area contributed by atoms with Gasteiger partial charge in [-0.2, -0.15) is 9.90 Å². The molecule has 0 spiro atoms. The Morgan fingerprint density at radius 2 is 2.00 bits per heavy atom. The van der Waals surface area contributed by atoms with E-state index in [0.29, 0.717) is 13.0 Å². The number of esters is 1. The van der Waals surface area contributed by atoms with E-state index in [4.69, 9.17) is 0 Å². The molecule has 9 heteroatoms. The Labute approximate surface area is 160 Å². The molecule has 0 bridgehead atoms. The number of anilines is 1. The fourth-order valence-electron chi connectivity index (χ4n) is 2.62. The summed E-state index contributed by atoms with van der Waals surface area (Å²) in [6.45, 7) is 2.44. The van der Waals surface area contributed by atoms with Crippen LogP contribution in [-0.4, -0.2) is 36.5 Å². The van der Waals surface area contributed by atoms with Crippen LogP contribution in [0, 0.1) is 0 Å². The van der Waals surface area contributed by atoms with Crippen LogP contribution in [0.4, 0.5) is 5.82 Å². The van der Waals surface area contributed by atoms with Crippen molar-refractivity contribution in [3.63, 3.8) is 0 Å². The number of nitrogens with zero attached hydrogens (tertiary/aromatic N) is 3. The van der Waals surface area contributed by atoms with Crippen LogP contribution >= 0.6 is 0 Å². The monoisotopic (exact) mass is 394 g/mol. The van der Waals surface area contributed by atoms with Gasteiger partial charge in [-0.1, -0.05) is 25.0 Å². The fourth-order valence-corrected chi connectivity index (χ4v) is 3.67. The van der Waals surface area contributed by atoms with Crippen molar-refractivity contribution < 1.29 is 17.9 Å². The molecule has 0 atom stereocenters. The third kappa shape index (κ3) is 6.67. The number of hydrogen-bond acceptors (Lipinski definition) is 6. The number of carbonyl (C=O) groups excluding carboxylic acids is 1. The van der Waals surface area contributed by atoms with Crippen molar-refractivity contribution in [1.29, 1.82) is 0 Å². The molecule has 0 saturated carbocycles. The Balaban J connectivity index is 1.87. The van der Waals surface area contributed by atoms with Crippen LogP contribution in [-0.2, 0) is 32.5 Å². The van der Waals surface area contributed by atoms with E-state index in [2.05, 4.69) is 19.7 Å². The molecule has 0 fully saturated rings. The highest BCUT2D eigenvalue weighted by molar-refractivity contribution is 7.92. The zero-order chi connectivity index (χ0) is 19.7. The summed E-state index contributed by atoms with van der Waals surface area (Å²) in [5, 5.41) is 8.00. The maximum absolute atomic E-state index is 12.5. The van der Waals surface area contributed by atoms with Gasteiger partial charge in [0.15, 0.2) is 5.82 Å². The molecule has 1 N–H and O–H groups in total. The lowest BCUT2D eigenvalue weighted by molar-refractivity contribution is -0.140. The molecule has 2 aromatic rings. The summed E-state index contributed by atoms with van der Waals surface area (Å²) in [6.07, 6.45) is 6.28. The number of sulfonamides is 1. The van der Waals surface area contributed by atoms with Gasteiger partial charge in [-0.05, 0) is 43.9 Å². The average Bonchev–Trinajstić information content (AvgIpc) is 3.11. The molecule has 27 heavy (non-hydrogen) atoms. The third-order valence-electron chi connectivity index (χ3n) is 4.09. The van der Waals surface area contributed by atoms with E-state index in [1.165, 1.54) is 18.1 Å². The number of unbranched alkanes of at least 4 members (excludes halogenated alkanes) is 3. The first kappa shape index (κ1) is 20.9. The van der Waals surface area contributed by atoms with Crippen LogP contribution in [0.1, 0.15) is 44.6 Å². The van der Waals surface area contributed by atoms with Crippen LogP contribution in [0.2, 0.25) is 0 Å². The highest BCUT2D eigenvalue weighted by atomic mass is 32.2. The van der Waals surface area contributed by atoms with Crippen molar-refractivity contribution in [3.05, 3.63) is 36.0 Å². The quantitative estimate of drug-likeness (QED) is 0.464. The molecule has 0 radical (unpaired) electrons. The Hall–Kier alpha value is -2.42. The van der Waals surface area contributed by atoms with E-state index < -0.39 is 10.0 Å². The lowest BCUT2D eigenvalue weighted by atomic mass is 10.1. The minimum atomic E-state index is -3.70. The summed E-state index contributed by atoms with van der Waals surface area (Å²) in [5.41, 5.74) is 0.961. The molecule has 8 nitrogen and oxygen atoms in total. The zero-order valence-corrected chi connectivity index (χ0v) is 16.5. The van der Waals surface area contributed by atoms with Crippen molar-refractivity contribution in [2.45, 2.75) is 56.9 Å². The number of ether oxygens (including phenoxy) is 1. The average molecular weight is 394 g/mol. The molecule has 1 aromatic heterocycles. The van der Waals surface area contributed by atoms with Gasteiger partial charge in [-0.25, -0.2) is 8.42 Å². The molecule has 1 heterocycles. The smallest absolute Gasteiger partial charge is 0.305 e. The van der Waals surface area contributed by atoms with Gasteiger partial charge in [0.2, 0.25) is 0 Å². The van der Waals surface area contributed by atoms with Gasteiger partial charge in [0.1, 0.15) is 0 Å². The summed E-state index contributed by atoms with van der Waals surface area (Å²) in [4.78, 5) is 12.7. The van der Waals surface area contributed by atoms with Gasteiger partial charge in [-0.15, -0.1) is 5.10 Å². The number of benzene rings is 1. The largest absolute Gasteiger partial charge is 0.469 e. The fraction of sp³-hybridized carbons (Fsp3) is 0.500. The van der Waals surface area contributed by atoms with Gasteiger partial charge in [0.05, 0.1) is 24.7 Å². The Morgan fingerprint density at radius 3 is 2.70 bits per heavy atom. The maximum Gasteiger partial charge on any atom is 0.305 e. The summed E-state index contributed by atoms with van der Waals surface area (Å²) >= 11 is 0. The molecule has 148 valence electrons. The second-order valence-corrected chi connectivity index (χ2v) is 7.84. The summed E-state index contributed by atoms with van der Waals surface area (Å²) in [6, 6.07) is 6.90. The third-order valence-corrected chi connectivity index (χ3v) is 5.44. The van der Waals surface area contributed by atoms with Gasteiger partial charge in [-0.3, -0.25) is 9.52 Å². The number of carbonyl (C=O) groups is 1. The van der Waals surface area contributed by atoms with Crippen LogP contribution in [0.15, 0.2) is 35.4 Å². The number of hydrogen-bond donors (Lipinski definition) is 1. The van der Waals surface area contributed by atoms with Gasteiger partial charge in [0.25, 0.3) is 10.0 Å². The SMILES string of the molecule is CCn1ncc(NS(=O)(=O)c2cccc(CCCCCCC(=O)OC)c2)n1. The van der Waals surface area contributed by atoms with Crippen molar-refractivity contribution in [1.82, 2.24) is 15.0 Å². The standard InChI is InChI=1S/C18H26N4O4S/c1-3-22-19-14-17(20-22)21-27(24,25)16-11-8-10-15(13-16)9-6-4-5-7-12-18(23)26-2/h8,10-11,13-14H,3-7,9,12H2,1-2H3,(H,20,21). The van der Waals surface area contributed by atoms with Gasteiger partial charge < -0.3 is 4.74 Å². The van der Waals surface area contributed by atoms with Crippen LogP contribution in [0.5, 0.6) is 0 Å². The second kappa shape index (κ2) is 10.1. The lowest BCUT2D eigenvalue weighted by Crippen LogP contribution is -2.14. The van der Waals surface area contributed by atoms with E-state index >= 15 is 0 Å². The number of methoxy groups -OCH3 is 1. The van der Waals surface area contributed by atoms with E-state index in [1.807, 2.05) is 13.0 Å². The zero-order valence-electron chi connectivity index (χ0n) is 15.7. The lowest BCUT2D eigenvalue weighted by Gasteiger charge is -2.07. The van der Waals surface area contributed by atoms with E-state index in [0.717, 1.165) is 37.7 Å². The van der Waals surface area contributed by atoms with Crippen molar-refractivity contribution in [2.75, 3.05) is 11.8 Å². The minimum Gasteiger partial charge on any atom is -0.469 e. The van der Waals surface area contributed by atoms with Crippen LogP contribution in [0.3, 0.4) is 0 Å². The van der Waals surface area contributed by atoms with Crippen LogP contribution < -0.4 is 4.72 Å². The van der Waals surface area contributed by atoms with Gasteiger partial charge >= 0.3 is 5.97 Å². The molecule has 0 unspecified atom stereocenters. The normalized spacial score (nSPS) is 11.3. The predicted octanol–water partition coefficient (Wildman–Crippen LogP) is 2.76. The summed E-state index contributed by atoms with van der Waals surface area (Å²) < 4.78 is 32.1. The Kier molecular flexibility index (Phi) is 7.78. The number of nitrogens with one attached hydrogen (secondary N) is 1. The van der Waals surface area contributed by atoms with Crippen molar-refractivity contribution in [3.8, 4) is 0 Å². The first-order chi connectivity index (χ1) is 12.9. The first-order valence-corrected chi connectivity index (χ1v) is 10.5. The maximum atomic E-state index is 12.5. The molecular weight excluding hydrogens is 368 g/mol. The Morgan fingerprint density at radius 1 is 1.22 bits per heavy atom. The van der Waals surface area contributed by atoms with Gasteiger partial charge in [0, 0.05) is 6.42 Å². The predicted molar refractivity (Wildman–Crippen MR) is 102 cm³/mol. The summed E-state index contributed by atoms with van der Waals surface area (Å²) in [5.74, 6) is 0.0206. The second-order valence-electron chi connectivity index (χ2n) is 6.16. The number of aryl methyl sites for hydroxylation is 2. The molecule has 1 aromatic carbocycles. The van der Waals surface area contributed by atoms with Crippen LogP contribution in [0.25, 0.3) is 0 Å². The van der Waals surface area contributed by atoms with E-state index in [1.54, 1.807) is 18.2 Å². The molecule has 0 saturated heterocycles.